The van der Waals surface area contributed by atoms with Crippen LogP contribution in [-0.4, -0.2) is 5.60 Å². The van der Waals surface area contributed by atoms with Crippen LogP contribution in [0.15, 0.2) is 36.4 Å². The highest BCUT2D eigenvalue weighted by Gasteiger charge is 2.29. The van der Waals surface area contributed by atoms with Crippen molar-refractivity contribution in [3.05, 3.63) is 59.2 Å². The summed E-state index contributed by atoms with van der Waals surface area (Å²) in [7, 11) is 0. The van der Waals surface area contributed by atoms with E-state index in [1.807, 2.05) is 12.1 Å². The summed E-state index contributed by atoms with van der Waals surface area (Å²) in [4.78, 5) is 0. The lowest BCUT2D eigenvalue weighted by Crippen LogP contribution is -2.24. The van der Waals surface area contributed by atoms with Gasteiger partial charge >= 0.3 is 0 Å². The molecule has 0 spiro atoms. The molecule has 110 valence electrons. The second-order valence-electron chi connectivity index (χ2n) is 5.99. The maximum atomic E-state index is 13.1. The third kappa shape index (κ3) is 3.15. The fraction of sp³-hybridized carbons (Fsp3) is 0.294. The number of ether oxygens (including phenoxy) is 1. The van der Waals surface area contributed by atoms with E-state index in [9.17, 15) is 8.78 Å². The molecule has 4 heteroatoms. The Kier molecular flexibility index (Phi) is 3.32. The van der Waals surface area contributed by atoms with Crippen molar-refractivity contribution in [1.29, 1.82) is 0 Å². The van der Waals surface area contributed by atoms with Crippen molar-refractivity contribution in [1.82, 2.24) is 0 Å². The van der Waals surface area contributed by atoms with Crippen LogP contribution in [0.2, 0.25) is 0 Å². The van der Waals surface area contributed by atoms with Crippen molar-refractivity contribution in [3.8, 4) is 5.75 Å². The van der Waals surface area contributed by atoms with Gasteiger partial charge in [0, 0.05) is 24.7 Å². The lowest BCUT2D eigenvalue weighted by Gasteiger charge is -2.16. The minimum atomic E-state index is -0.582. The van der Waals surface area contributed by atoms with Crippen molar-refractivity contribution in [2.45, 2.75) is 32.4 Å². The van der Waals surface area contributed by atoms with E-state index < -0.39 is 11.6 Å². The average molecular weight is 289 g/mol. The predicted molar refractivity (Wildman–Crippen MR) is 78.5 cm³/mol. The molecule has 0 saturated carbocycles. The van der Waals surface area contributed by atoms with Gasteiger partial charge in [0.15, 0.2) is 0 Å². The van der Waals surface area contributed by atoms with Gasteiger partial charge in [0.05, 0.1) is 0 Å². The molecule has 1 aliphatic heterocycles. The number of nitrogens with one attached hydrogen (secondary N) is 1. The smallest absolute Gasteiger partial charge is 0.128 e. The first kappa shape index (κ1) is 13.9. The van der Waals surface area contributed by atoms with Gasteiger partial charge in [0.25, 0.3) is 0 Å². The molecule has 21 heavy (non-hydrogen) atoms. The van der Waals surface area contributed by atoms with Crippen LogP contribution in [-0.2, 0) is 13.0 Å². The summed E-state index contributed by atoms with van der Waals surface area (Å²) in [5.74, 6) is -0.247. The van der Waals surface area contributed by atoms with Crippen LogP contribution in [0.1, 0.15) is 25.0 Å². The Hall–Kier alpha value is -2.10. The molecule has 1 N–H and O–H groups in total. The summed E-state index contributed by atoms with van der Waals surface area (Å²) in [6, 6.07) is 9.41. The highest BCUT2D eigenvalue weighted by Crippen LogP contribution is 2.35. The molecular weight excluding hydrogens is 272 g/mol. The monoisotopic (exact) mass is 289 g/mol. The molecule has 0 aromatic heterocycles. The van der Waals surface area contributed by atoms with E-state index in [4.69, 9.17) is 4.74 Å². The SMILES string of the molecule is CC1(C)Cc2cc(CNc3cc(F)cc(F)c3)ccc2O1. The van der Waals surface area contributed by atoms with E-state index in [-0.39, 0.29) is 5.60 Å². The minimum absolute atomic E-state index is 0.167. The number of halogens is 2. The predicted octanol–water partition coefficient (Wildman–Crippen LogP) is 4.29. The zero-order valence-electron chi connectivity index (χ0n) is 12.0. The summed E-state index contributed by atoms with van der Waals surface area (Å²) in [6.07, 6.45) is 0.866. The summed E-state index contributed by atoms with van der Waals surface area (Å²) in [6.45, 7) is 4.62. The number of rotatable bonds is 3. The first-order chi connectivity index (χ1) is 9.91. The average Bonchev–Trinajstić information content (AvgIpc) is 2.68. The van der Waals surface area contributed by atoms with Gasteiger partial charge in [0.2, 0.25) is 0 Å². The molecule has 0 bridgehead atoms. The topological polar surface area (TPSA) is 21.3 Å². The van der Waals surface area contributed by atoms with Crippen molar-refractivity contribution in [2.24, 2.45) is 0 Å². The number of benzene rings is 2. The number of fused-ring (bicyclic) bond motifs is 1. The molecule has 1 aliphatic rings. The molecule has 0 aliphatic carbocycles. The van der Waals surface area contributed by atoms with Gasteiger partial charge in [-0.3, -0.25) is 0 Å². The van der Waals surface area contributed by atoms with E-state index >= 15 is 0 Å². The molecule has 2 aromatic carbocycles. The van der Waals surface area contributed by atoms with Crippen molar-refractivity contribution in [3.63, 3.8) is 0 Å². The van der Waals surface area contributed by atoms with Crippen LogP contribution in [0.25, 0.3) is 0 Å². The van der Waals surface area contributed by atoms with Gasteiger partial charge in [-0.15, -0.1) is 0 Å². The molecular formula is C17H17F2NO. The second-order valence-corrected chi connectivity index (χ2v) is 5.99. The van der Waals surface area contributed by atoms with Gasteiger partial charge in [0.1, 0.15) is 23.0 Å². The van der Waals surface area contributed by atoms with E-state index in [1.165, 1.54) is 17.7 Å². The molecule has 0 radical (unpaired) electrons. The number of hydrogen-bond acceptors (Lipinski definition) is 2. The summed E-state index contributed by atoms with van der Waals surface area (Å²) >= 11 is 0. The van der Waals surface area contributed by atoms with Crippen molar-refractivity contribution >= 4 is 5.69 Å². The zero-order valence-corrected chi connectivity index (χ0v) is 12.0. The fourth-order valence-electron chi connectivity index (χ4n) is 2.63. The maximum Gasteiger partial charge on any atom is 0.128 e. The van der Waals surface area contributed by atoms with E-state index in [2.05, 4.69) is 25.2 Å². The molecule has 0 atom stereocenters. The number of anilines is 1. The Morgan fingerprint density at radius 3 is 2.52 bits per heavy atom. The first-order valence-electron chi connectivity index (χ1n) is 6.92. The van der Waals surface area contributed by atoms with Gasteiger partial charge < -0.3 is 10.1 Å². The van der Waals surface area contributed by atoms with Gasteiger partial charge in [-0.2, -0.15) is 0 Å². The fourth-order valence-corrected chi connectivity index (χ4v) is 2.63. The van der Waals surface area contributed by atoms with Gasteiger partial charge in [-0.05, 0) is 43.2 Å². The van der Waals surface area contributed by atoms with Gasteiger partial charge in [-0.1, -0.05) is 12.1 Å². The Labute approximate surface area is 122 Å². The first-order valence-corrected chi connectivity index (χ1v) is 6.92. The lowest BCUT2D eigenvalue weighted by atomic mass is 10.0. The molecule has 2 aromatic rings. The van der Waals surface area contributed by atoms with Crippen molar-refractivity contribution < 1.29 is 13.5 Å². The summed E-state index contributed by atoms with van der Waals surface area (Å²) in [5.41, 5.74) is 2.49. The normalized spacial score (nSPS) is 15.4. The van der Waals surface area contributed by atoms with Crippen LogP contribution in [0.5, 0.6) is 5.75 Å². The minimum Gasteiger partial charge on any atom is -0.487 e. The summed E-state index contributed by atoms with van der Waals surface area (Å²) < 4.78 is 32.1. The van der Waals surface area contributed by atoms with E-state index in [0.29, 0.717) is 12.2 Å². The maximum absolute atomic E-state index is 13.1. The molecule has 1 heterocycles. The Bertz CT molecular complexity index is 662. The van der Waals surface area contributed by atoms with Crippen LogP contribution < -0.4 is 10.1 Å². The van der Waals surface area contributed by atoms with E-state index in [1.54, 1.807) is 0 Å². The van der Waals surface area contributed by atoms with Gasteiger partial charge in [-0.25, -0.2) is 8.78 Å². The molecule has 0 unspecified atom stereocenters. The Morgan fingerprint density at radius 2 is 1.81 bits per heavy atom. The second kappa shape index (κ2) is 5.02. The molecule has 0 fully saturated rings. The molecule has 2 nitrogen and oxygen atoms in total. The third-order valence-electron chi connectivity index (χ3n) is 3.49. The Balaban J connectivity index is 1.72. The van der Waals surface area contributed by atoms with Crippen LogP contribution >= 0.6 is 0 Å². The molecule has 0 saturated heterocycles. The zero-order chi connectivity index (χ0) is 15.0. The van der Waals surface area contributed by atoms with Crippen LogP contribution in [0.3, 0.4) is 0 Å². The highest BCUT2D eigenvalue weighted by molar-refractivity contribution is 5.46. The number of hydrogen-bond donors (Lipinski definition) is 1. The molecule has 3 rings (SSSR count). The highest BCUT2D eigenvalue weighted by atomic mass is 19.1. The standard InChI is InChI=1S/C17H17F2NO/c1-17(2)9-12-5-11(3-4-16(12)21-17)10-20-15-7-13(18)6-14(19)8-15/h3-8,20H,9-10H2,1-2H3. The van der Waals surface area contributed by atoms with Crippen LogP contribution in [0.4, 0.5) is 14.5 Å². The summed E-state index contributed by atoms with van der Waals surface area (Å²) in [5, 5.41) is 3.03. The van der Waals surface area contributed by atoms with Crippen LogP contribution in [0, 0.1) is 11.6 Å². The largest absolute Gasteiger partial charge is 0.487 e. The molecule has 0 amide bonds. The third-order valence-corrected chi connectivity index (χ3v) is 3.49. The Morgan fingerprint density at radius 1 is 1.10 bits per heavy atom. The van der Waals surface area contributed by atoms with Crippen molar-refractivity contribution in [2.75, 3.05) is 5.32 Å². The van der Waals surface area contributed by atoms with E-state index in [0.717, 1.165) is 23.8 Å². The lowest BCUT2D eigenvalue weighted by molar-refractivity contribution is 0.138. The quantitative estimate of drug-likeness (QED) is 0.910.